The molecule has 0 unspecified atom stereocenters. The minimum absolute atomic E-state index is 0.0871. The Morgan fingerprint density at radius 1 is 0.861 bits per heavy atom. The van der Waals surface area contributed by atoms with Gasteiger partial charge < -0.3 is 50.3 Å². The minimum atomic E-state index is -1.58. The van der Waals surface area contributed by atoms with E-state index < -0.39 is 66.0 Å². The fourth-order valence-electron chi connectivity index (χ4n) is 9.47. The number of aliphatic hydroxyl groups is 8. The Morgan fingerprint density at radius 2 is 1.58 bits per heavy atom. The van der Waals surface area contributed by atoms with Gasteiger partial charge in [0.25, 0.3) is 0 Å². The fraction of sp³-hybridized carbons (Fsp3) is 1.00. The number of aliphatic hydroxyl groups excluding tert-OH is 7. The van der Waals surface area contributed by atoms with E-state index in [1.165, 1.54) is 0 Å². The summed E-state index contributed by atoms with van der Waals surface area (Å²) in [5, 5.41) is 84.6. The minimum Gasteiger partial charge on any atom is -0.396 e. The van der Waals surface area contributed by atoms with Crippen LogP contribution < -0.4 is 0 Å². The van der Waals surface area contributed by atoms with Crippen LogP contribution in [0.3, 0.4) is 0 Å². The molecule has 36 heavy (non-hydrogen) atoms. The van der Waals surface area contributed by atoms with E-state index in [0.717, 1.165) is 19.3 Å². The molecule has 1 heterocycles. The largest absolute Gasteiger partial charge is 0.396 e. The van der Waals surface area contributed by atoms with Gasteiger partial charge in [0.15, 0.2) is 6.29 Å². The molecule has 0 aromatic rings. The summed E-state index contributed by atoms with van der Waals surface area (Å²) in [5.74, 6) is 0.0130. The van der Waals surface area contributed by atoms with Crippen molar-refractivity contribution in [1.29, 1.82) is 0 Å². The predicted molar refractivity (Wildman–Crippen MR) is 125 cm³/mol. The monoisotopic (exact) mass is 516 g/mol. The lowest BCUT2D eigenvalue weighted by atomic mass is 9.40. The SMILES string of the molecule is C[C@]1(CO)[C@H]2CC[C@@]34C[C@@H](CC[C@H]3[C@]2(C)CC[C@H]1O)[C@@](O)(CO[C@@H]1O[C@H](CO)[C@H](O)[C@H](O)[C@H]1O)[C@@H]4O. The summed E-state index contributed by atoms with van der Waals surface area (Å²) in [6, 6.07) is 0. The first-order valence-electron chi connectivity index (χ1n) is 13.5. The molecular weight excluding hydrogens is 472 g/mol. The molecule has 4 saturated carbocycles. The van der Waals surface area contributed by atoms with Crippen molar-refractivity contribution in [2.45, 2.75) is 107 Å². The summed E-state index contributed by atoms with van der Waals surface area (Å²) in [6.07, 6.45) is -3.78. The van der Waals surface area contributed by atoms with Crippen LogP contribution in [0.5, 0.6) is 0 Å². The molecular formula is C26H44O10. The van der Waals surface area contributed by atoms with E-state index in [4.69, 9.17) is 9.47 Å². The molecule has 8 N–H and O–H groups in total. The van der Waals surface area contributed by atoms with E-state index in [2.05, 4.69) is 6.92 Å². The number of hydrogen-bond acceptors (Lipinski definition) is 10. The zero-order valence-corrected chi connectivity index (χ0v) is 21.2. The molecule has 1 saturated heterocycles. The van der Waals surface area contributed by atoms with Crippen LogP contribution in [0.4, 0.5) is 0 Å². The van der Waals surface area contributed by atoms with Crippen molar-refractivity contribution in [3.63, 3.8) is 0 Å². The zero-order chi connectivity index (χ0) is 26.3. The molecule has 4 aliphatic carbocycles. The lowest BCUT2D eigenvalue weighted by molar-refractivity contribution is -0.313. The van der Waals surface area contributed by atoms with Gasteiger partial charge in [-0.25, -0.2) is 0 Å². The first-order chi connectivity index (χ1) is 16.9. The van der Waals surface area contributed by atoms with E-state index in [0.29, 0.717) is 25.7 Å². The van der Waals surface area contributed by atoms with Gasteiger partial charge in [0.05, 0.1) is 32.0 Å². The van der Waals surface area contributed by atoms with Gasteiger partial charge in [-0.3, -0.25) is 0 Å². The lowest BCUT2D eigenvalue weighted by Crippen LogP contribution is -2.63. The van der Waals surface area contributed by atoms with Gasteiger partial charge in [-0.15, -0.1) is 0 Å². The molecule has 208 valence electrons. The van der Waals surface area contributed by atoms with E-state index in [-0.39, 0.29) is 36.4 Å². The van der Waals surface area contributed by atoms with E-state index in [9.17, 15) is 40.9 Å². The second-order valence-electron chi connectivity index (χ2n) is 13.0. The number of fused-ring (bicyclic) bond motifs is 3. The molecule has 0 aromatic carbocycles. The highest BCUT2D eigenvalue weighted by molar-refractivity contribution is 5.21. The van der Waals surface area contributed by atoms with E-state index in [1.54, 1.807) is 0 Å². The van der Waals surface area contributed by atoms with Crippen LogP contribution in [0.25, 0.3) is 0 Å². The molecule has 10 nitrogen and oxygen atoms in total. The van der Waals surface area contributed by atoms with Crippen LogP contribution in [0, 0.1) is 34.0 Å². The maximum atomic E-state index is 11.8. The third-order valence-corrected chi connectivity index (χ3v) is 11.5. The highest BCUT2D eigenvalue weighted by Gasteiger charge is 2.72. The van der Waals surface area contributed by atoms with E-state index in [1.807, 2.05) is 6.92 Å². The van der Waals surface area contributed by atoms with Gasteiger partial charge in [0, 0.05) is 10.8 Å². The zero-order valence-electron chi connectivity index (χ0n) is 21.2. The van der Waals surface area contributed by atoms with Gasteiger partial charge in [0.2, 0.25) is 0 Å². The quantitative estimate of drug-likeness (QED) is 0.223. The van der Waals surface area contributed by atoms with Crippen molar-refractivity contribution < 1.29 is 50.3 Å². The molecule has 0 radical (unpaired) electrons. The summed E-state index contributed by atoms with van der Waals surface area (Å²) in [5.41, 5.74) is -2.88. The summed E-state index contributed by atoms with van der Waals surface area (Å²) in [4.78, 5) is 0. The Kier molecular flexibility index (Phi) is 6.85. The van der Waals surface area contributed by atoms with Gasteiger partial charge in [-0.1, -0.05) is 13.8 Å². The molecule has 5 rings (SSSR count). The number of ether oxygens (including phenoxy) is 2. The highest BCUT2D eigenvalue weighted by atomic mass is 16.7. The van der Waals surface area contributed by atoms with Crippen molar-refractivity contribution in [3.05, 3.63) is 0 Å². The Balaban J connectivity index is 1.37. The van der Waals surface area contributed by atoms with Crippen molar-refractivity contribution >= 4 is 0 Å². The molecule has 1 spiro atoms. The molecule has 0 aromatic heterocycles. The normalized spacial score (nSPS) is 58.8. The first kappa shape index (κ1) is 27.2. The topological polar surface area (TPSA) is 180 Å². The number of rotatable bonds is 5. The Labute approximate surface area is 211 Å². The van der Waals surface area contributed by atoms with Crippen LogP contribution >= 0.6 is 0 Å². The third-order valence-electron chi connectivity index (χ3n) is 11.5. The second-order valence-corrected chi connectivity index (χ2v) is 13.0. The van der Waals surface area contributed by atoms with Crippen LogP contribution in [-0.2, 0) is 9.47 Å². The molecule has 5 aliphatic rings. The molecule has 0 amide bonds. The Morgan fingerprint density at radius 3 is 2.25 bits per heavy atom. The molecule has 2 bridgehead atoms. The van der Waals surface area contributed by atoms with Crippen LogP contribution in [-0.4, -0.2) is 109 Å². The smallest absolute Gasteiger partial charge is 0.186 e. The fourth-order valence-corrected chi connectivity index (χ4v) is 9.47. The van der Waals surface area contributed by atoms with Crippen LogP contribution in [0.2, 0.25) is 0 Å². The van der Waals surface area contributed by atoms with E-state index >= 15 is 0 Å². The van der Waals surface area contributed by atoms with Crippen molar-refractivity contribution in [2.75, 3.05) is 19.8 Å². The maximum Gasteiger partial charge on any atom is 0.186 e. The van der Waals surface area contributed by atoms with Crippen LogP contribution in [0.1, 0.15) is 58.8 Å². The van der Waals surface area contributed by atoms with Gasteiger partial charge in [-0.05, 0) is 68.1 Å². The molecule has 10 heteroatoms. The highest BCUT2D eigenvalue weighted by Crippen LogP contribution is 2.72. The van der Waals surface area contributed by atoms with Crippen molar-refractivity contribution in [1.82, 2.24) is 0 Å². The van der Waals surface area contributed by atoms with Gasteiger partial charge in [-0.2, -0.15) is 0 Å². The Bertz CT molecular complexity index is 827. The van der Waals surface area contributed by atoms with Crippen molar-refractivity contribution in [2.24, 2.45) is 34.0 Å². The molecule has 14 atom stereocenters. The molecule has 5 fully saturated rings. The summed E-state index contributed by atoms with van der Waals surface area (Å²) in [6.45, 7) is 3.22. The third kappa shape index (κ3) is 3.53. The van der Waals surface area contributed by atoms with Crippen molar-refractivity contribution in [3.8, 4) is 0 Å². The first-order valence-corrected chi connectivity index (χ1v) is 13.5. The summed E-state index contributed by atoms with van der Waals surface area (Å²) in [7, 11) is 0. The summed E-state index contributed by atoms with van der Waals surface area (Å²) >= 11 is 0. The predicted octanol–water partition coefficient (Wildman–Crippen LogP) is -1.12. The summed E-state index contributed by atoms with van der Waals surface area (Å²) < 4.78 is 11.2. The number of hydrogen-bond donors (Lipinski definition) is 8. The second kappa shape index (κ2) is 9.08. The Hall–Kier alpha value is -0.400. The average Bonchev–Trinajstić information content (AvgIpc) is 3.02. The molecule has 1 aliphatic heterocycles. The lowest BCUT2D eigenvalue weighted by Gasteiger charge is -2.65. The average molecular weight is 517 g/mol. The standard InChI is InChI=1S/C26H44O10/c1-23-7-6-17(29)24(2,11-28)15(23)5-8-25-9-13(3-4-16(23)25)26(34,22(25)33)12-35-21-20(32)19(31)18(30)14(10-27)36-21/h13-22,27-34H,3-12H2,1-2H3/t13-,14-,15+,16+,17-,18+,19+,20-,21-,22-,23-,24+,25-,26+/m1/s1. The van der Waals surface area contributed by atoms with Gasteiger partial charge >= 0.3 is 0 Å². The van der Waals surface area contributed by atoms with Crippen LogP contribution in [0.15, 0.2) is 0 Å². The van der Waals surface area contributed by atoms with Gasteiger partial charge in [0.1, 0.15) is 30.0 Å². The maximum absolute atomic E-state index is 11.8.